The topological polar surface area (TPSA) is 38.8 Å². The minimum atomic E-state index is -0.285. The van der Waals surface area contributed by atoms with Crippen molar-refractivity contribution >= 4 is 36.5 Å². The van der Waals surface area contributed by atoms with Gasteiger partial charge in [-0.25, -0.2) is 4.79 Å². The highest BCUT2D eigenvalue weighted by Crippen LogP contribution is 2.24. The van der Waals surface area contributed by atoms with E-state index in [1.54, 1.807) is 20.8 Å². The monoisotopic (exact) mass is 326 g/mol. The van der Waals surface area contributed by atoms with Gasteiger partial charge in [-0.3, -0.25) is 0 Å². The molecule has 1 aromatic heterocycles. The molecule has 7 heteroatoms. The molecule has 0 aromatic carbocycles. The van der Waals surface area contributed by atoms with E-state index in [1.165, 1.54) is 18.4 Å². The van der Waals surface area contributed by atoms with E-state index >= 15 is 0 Å². The lowest BCUT2D eigenvalue weighted by Gasteiger charge is -2.20. The molecule has 0 bridgehead atoms. The third-order valence-corrected chi connectivity index (χ3v) is 4.92. The molecule has 4 nitrogen and oxygen atoms in total. The largest absolute Gasteiger partial charge is 0.465 e. The van der Waals surface area contributed by atoms with Crippen molar-refractivity contribution in [3.63, 3.8) is 0 Å². The van der Waals surface area contributed by atoms with Gasteiger partial charge in [0.05, 0.1) is 12.5 Å². The van der Waals surface area contributed by atoms with Crippen LogP contribution in [0.15, 0.2) is 24.3 Å². The highest BCUT2D eigenvalue weighted by Gasteiger charge is 2.31. The van der Waals surface area contributed by atoms with Crippen molar-refractivity contribution < 1.29 is 14.2 Å². The van der Waals surface area contributed by atoms with Gasteiger partial charge in [-0.2, -0.15) is 0 Å². The van der Waals surface area contributed by atoms with Crippen molar-refractivity contribution in [1.82, 2.24) is 4.81 Å². The number of thiophene rings is 1. The number of hydrogen-bond donors (Lipinski definition) is 0. The Balaban J connectivity index is 1.92. The number of alkyl halides is 1. The summed E-state index contributed by atoms with van der Waals surface area (Å²) in [6.07, 6.45) is 5.93. The number of halogens is 1. The van der Waals surface area contributed by atoms with Crippen molar-refractivity contribution in [2.75, 3.05) is 20.8 Å². The second-order valence-electron chi connectivity index (χ2n) is 4.76. The molecule has 1 aliphatic heterocycles. The number of ether oxygens (including phenoxy) is 1. The van der Waals surface area contributed by atoms with Gasteiger partial charge in [0.2, 0.25) is 0 Å². The van der Waals surface area contributed by atoms with E-state index in [4.69, 9.17) is 21.0 Å². The lowest BCUT2D eigenvalue weighted by molar-refractivity contribution is 0.0606. The molecule has 0 spiro atoms. The fourth-order valence-corrected chi connectivity index (χ4v) is 3.54. The molecular weight excluding hydrogens is 308 g/mol. The van der Waals surface area contributed by atoms with Gasteiger partial charge >= 0.3 is 13.6 Å². The molecule has 2 heterocycles. The summed E-state index contributed by atoms with van der Waals surface area (Å²) in [4.78, 5) is 15.2. The van der Waals surface area contributed by atoms with Crippen LogP contribution in [0.2, 0.25) is 0 Å². The average molecular weight is 327 g/mol. The van der Waals surface area contributed by atoms with E-state index in [0.717, 1.165) is 24.3 Å². The first-order valence-corrected chi connectivity index (χ1v) is 8.00. The average Bonchev–Trinajstić information content (AvgIpc) is 3.08. The molecular formula is C14H18BClNO3S. The van der Waals surface area contributed by atoms with Crippen LogP contribution < -0.4 is 0 Å². The molecule has 2 atom stereocenters. The molecule has 21 heavy (non-hydrogen) atoms. The smallest absolute Gasteiger partial charge is 0.399 e. The van der Waals surface area contributed by atoms with Crippen LogP contribution in [0.1, 0.15) is 21.0 Å². The van der Waals surface area contributed by atoms with Crippen molar-refractivity contribution in [3.8, 4) is 0 Å². The normalized spacial score (nSPS) is 22.8. The van der Waals surface area contributed by atoms with Crippen LogP contribution >= 0.6 is 22.9 Å². The van der Waals surface area contributed by atoms with Crippen LogP contribution in [0, 0.1) is 0 Å². The number of carbonyl (C=O) groups is 1. The Kier molecular flexibility index (Phi) is 6.30. The molecule has 1 radical (unpaired) electrons. The molecule has 1 unspecified atom stereocenters. The van der Waals surface area contributed by atoms with E-state index in [1.807, 2.05) is 6.07 Å². The fraction of sp³-hybridized carbons (Fsp3) is 0.500. The number of hydrogen-bond acceptors (Lipinski definition) is 5. The predicted octanol–water partition coefficient (Wildman–Crippen LogP) is 2.50. The lowest BCUT2D eigenvalue weighted by Crippen LogP contribution is -2.35. The summed E-state index contributed by atoms with van der Waals surface area (Å²) in [5.74, 6) is -0.285. The summed E-state index contributed by atoms with van der Waals surface area (Å²) in [6.45, 7) is 0.905. The predicted molar refractivity (Wildman–Crippen MR) is 86.0 cm³/mol. The van der Waals surface area contributed by atoms with Gasteiger partial charge in [-0.1, -0.05) is 12.2 Å². The summed E-state index contributed by atoms with van der Waals surface area (Å²) < 4.78 is 9.77. The maximum absolute atomic E-state index is 11.4. The Morgan fingerprint density at radius 2 is 2.38 bits per heavy atom. The number of rotatable bonds is 6. The summed E-state index contributed by atoms with van der Waals surface area (Å²) in [5.41, 5.74) is 0. The van der Waals surface area contributed by atoms with Gasteiger partial charge in [0, 0.05) is 18.0 Å². The maximum atomic E-state index is 11.4. The zero-order valence-electron chi connectivity index (χ0n) is 12.1. The van der Waals surface area contributed by atoms with Gasteiger partial charge < -0.3 is 14.2 Å². The van der Waals surface area contributed by atoms with Crippen molar-refractivity contribution in [1.29, 1.82) is 0 Å². The molecule has 2 rings (SSSR count). The number of esters is 1. The van der Waals surface area contributed by atoms with Crippen LogP contribution in [0.25, 0.3) is 0 Å². The molecule has 0 N–H and O–H groups in total. The van der Waals surface area contributed by atoms with Gasteiger partial charge in [0.15, 0.2) is 0 Å². The minimum absolute atomic E-state index is 0.0987. The zero-order chi connectivity index (χ0) is 15.2. The lowest BCUT2D eigenvalue weighted by atomic mass is 10.1. The molecule has 1 aromatic rings. The first-order valence-electron chi connectivity index (χ1n) is 6.75. The Labute approximate surface area is 135 Å². The molecule has 1 fully saturated rings. The minimum Gasteiger partial charge on any atom is -0.465 e. The fourth-order valence-electron chi connectivity index (χ4n) is 2.31. The number of carbonyl (C=O) groups excluding carboxylic acids is 1. The second kappa shape index (κ2) is 7.99. The van der Waals surface area contributed by atoms with Gasteiger partial charge in [0.1, 0.15) is 4.88 Å². The molecule has 1 aliphatic rings. The molecule has 113 valence electrons. The van der Waals surface area contributed by atoms with Crippen LogP contribution in [-0.2, 0) is 15.8 Å². The highest BCUT2D eigenvalue weighted by atomic mass is 35.5. The summed E-state index contributed by atoms with van der Waals surface area (Å²) >= 11 is 7.78. The van der Waals surface area contributed by atoms with Crippen LogP contribution in [0.4, 0.5) is 0 Å². The Hall–Kier alpha value is -0.815. The van der Waals surface area contributed by atoms with Gasteiger partial charge in [-0.15, -0.1) is 22.9 Å². The Bertz CT molecular complexity index is 506. The van der Waals surface area contributed by atoms with Crippen molar-refractivity contribution in [3.05, 3.63) is 34.0 Å². The van der Waals surface area contributed by atoms with Crippen LogP contribution in [-0.4, -0.2) is 50.6 Å². The molecule has 1 saturated heterocycles. The quantitative estimate of drug-likeness (QED) is 0.348. The first kappa shape index (κ1) is 16.6. The summed E-state index contributed by atoms with van der Waals surface area (Å²) in [7, 11) is 4.75. The number of allylic oxidation sites excluding steroid dienone is 1. The van der Waals surface area contributed by atoms with E-state index in [9.17, 15) is 4.79 Å². The van der Waals surface area contributed by atoms with E-state index in [-0.39, 0.29) is 17.4 Å². The molecule has 0 saturated carbocycles. The first-order chi connectivity index (χ1) is 10.2. The molecule has 0 amide bonds. The van der Waals surface area contributed by atoms with Crippen molar-refractivity contribution in [2.24, 2.45) is 0 Å². The third-order valence-electron chi connectivity index (χ3n) is 3.36. The van der Waals surface area contributed by atoms with Crippen LogP contribution in [0.5, 0.6) is 0 Å². The van der Waals surface area contributed by atoms with E-state index in [0.29, 0.717) is 4.88 Å². The number of nitrogens with zero attached hydrogens (tertiary/aromatic N) is 1. The summed E-state index contributed by atoms with van der Waals surface area (Å²) in [5, 5.41) is 0.0987. The number of methoxy groups -OCH3 is 1. The van der Waals surface area contributed by atoms with Crippen LogP contribution in [0.3, 0.4) is 0 Å². The second-order valence-corrected chi connectivity index (χ2v) is 6.49. The summed E-state index contributed by atoms with van der Waals surface area (Å²) in [6, 6.07) is 3.91. The Morgan fingerprint density at radius 3 is 3.10 bits per heavy atom. The standard InChI is InChI=1S/C14H18BClNO3S/c1-19-14(18)13-7-6-10(21-13)4-3-5-12-11(16)8-9-17(12)15-20-2/h3,5-7,11-12H,4,8-9H2,1-2H3/b5-3+/t11?,12-/m0/s1. The third kappa shape index (κ3) is 4.33. The maximum Gasteiger partial charge on any atom is 0.399 e. The van der Waals surface area contributed by atoms with E-state index in [2.05, 4.69) is 17.0 Å². The SMILES string of the molecule is CO[B]N1CCC(Cl)[C@@H]1/C=C/Cc1ccc(C(=O)OC)s1. The van der Waals surface area contributed by atoms with Crippen molar-refractivity contribution in [2.45, 2.75) is 24.3 Å². The Morgan fingerprint density at radius 1 is 1.57 bits per heavy atom. The molecule has 0 aliphatic carbocycles. The van der Waals surface area contributed by atoms with E-state index < -0.39 is 0 Å². The highest BCUT2D eigenvalue weighted by molar-refractivity contribution is 7.13. The van der Waals surface area contributed by atoms with Gasteiger partial charge in [-0.05, 0) is 31.5 Å². The zero-order valence-corrected chi connectivity index (χ0v) is 13.7. The van der Waals surface area contributed by atoms with Gasteiger partial charge in [0.25, 0.3) is 0 Å².